The highest BCUT2D eigenvalue weighted by Gasteiger charge is 2.21. The van der Waals surface area contributed by atoms with Gasteiger partial charge in [-0.1, -0.05) is 25.7 Å². The van der Waals surface area contributed by atoms with E-state index in [1.165, 1.54) is 44.6 Å². The van der Waals surface area contributed by atoms with Crippen LogP contribution in [0.4, 0.5) is 10.1 Å². The highest BCUT2D eigenvalue weighted by atomic mass is 19.1. The maximum absolute atomic E-state index is 13.8. The van der Waals surface area contributed by atoms with E-state index in [4.69, 9.17) is 0 Å². The first-order valence-corrected chi connectivity index (χ1v) is 7.71. The molecule has 1 aliphatic carbocycles. The zero-order chi connectivity index (χ0) is 14.7. The van der Waals surface area contributed by atoms with Gasteiger partial charge in [0.05, 0.1) is 6.10 Å². The Kier molecular flexibility index (Phi) is 5.03. The first-order valence-electron chi connectivity index (χ1n) is 7.71. The SMILES string of the molecule is Cc1cc(N(C)C2CCCCCC2)c([C@H](C)O)cc1F. The Balaban J connectivity index is 2.31. The highest BCUT2D eigenvalue weighted by Crippen LogP contribution is 2.32. The maximum atomic E-state index is 13.8. The summed E-state index contributed by atoms with van der Waals surface area (Å²) < 4.78 is 13.8. The standard InChI is InChI=1S/C17H26FNO/c1-12-10-17(15(13(2)20)11-16(12)18)19(3)14-8-6-4-5-7-9-14/h10-11,13-14,20H,4-9H2,1-3H3/t13-/m0/s1. The molecule has 1 saturated carbocycles. The normalized spacial score (nSPS) is 18.6. The molecular formula is C17H26FNO. The molecule has 0 amide bonds. The van der Waals surface area contributed by atoms with Gasteiger partial charge in [0.15, 0.2) is 0 Å². The van der Waals surface area contributed by atoms with Gasteiger partial charge in [0, 0.05) is 24.3 Å². The number of hydrogen-bond donors (Lipinski definition) is 1. The second kappa shape index (κ2) is 6.57. The van der Waals surface area contributed by atoms with Gasteiger partial charge >= 0.3 is 0 Å². The molecule has 3 heteroatoms. The molecule has 2 rings (SSSR count). The van der Waals surface area contributed by atoms with Crippen molar-refractivity contribution >= 4 is 5.69 Å². The average Bonchev–Trinajstić information content (AvgIpc) is 2.69. The van der Waals surface area contributed by atoms with Crippen LogP contribution in [0.25, 0.3) is 0 Å². The predicted molar refractivity (Wildman–Crippen MR) is 81.7 cm³/mol. The molecule has 0 saturated heterocycles. The fraction of sp³-hybridized carbons (Fsp3) is 0.647. The third-order valence-corrected chi connectivity index (χ3v) is 4.51. The van der Waals surface area contributed by atoms with Gasteiger partial charge in [-0.3, -0.25) is 0 Å². The van der Waals surface area contributed by atoms with Gasteiger partial charge in [-0.05, 0) is 44.4 Å². The van der Waals surface area contributed by atoms with Gasteiger partial charge in [-0.25, -0.2) is 4.39 Å². The Morgan fingerprint density at radius 3 is 2.35 bits per heavy atom. The minimum absolute atomic E-state index is 0.237. The minimum atomic E-state index is -0.645. The van der Waals surface area contributed by atoms with Crippen LogP contribution < -0.4 is 4.90 Å². The lowest BCUT2D eigenvalue weighted by molar-refractivity contribution is 0.199. The van der Waals surface area contributed by atoms with E-state index < -0.39 is 6.10 Å². The van der Waals surface area contributed by atoms with Crippen molar-refractivity contribution in [2.45, 2.75) is 64.5 Å². The first-order chi connectivity index (χ1) is 9.50. The lowest BCUT2D eigenvalue weighted by Crippen LogP contribution is -2.32. The van der Waals surface area contributed by atoms with E-state index in [1.807, 2.05) is 6.07 Å². The lowest BCUT2D eigenvalue weighted by Gasteiger charge is -2.32. The Bertz CT molecular complexity index is 451. The molecule has 1 aliphatic rings. The molecule has 1 N–H and O–H groups in total. The molecule has 112 valence electrons. The predicted octanol–water partition coefficient (Wildman–Crippen LogP) is 4.35. The second-order valence-electron chi connectivity index (χ2n) is 6.09. The molecule has 20 heavy (non-hydrogen) atoms. The van der Waals surface area contributed by atoms with Crippen molar-refractivity contribution in [3.05, 3.63) is 29.1 Å². The maximum Gasteiger partial charge on any atom is 0.126 e. The Morgan fingerprint density at radius 1 is 1.20 bits per heavy atom. The zero-order valence-electron chi connectivity index (χ0n) is 12.8. The quantitative estimate of drug-likeness (QED) is 0.832. The smallest absolute Gasteiger partial charge is 0.126 e. The molecular weight excluding hydrogens is 253 g/mol. The number of benzene rings is 1. The zero-order valence-corrected chi connectivity index (χ0v) is 12.8. The Hall–Kier alpha value is -1.09. The van der Waals surface area contributed by atoms with Gasteiger partial charge in [0.2, 0.25) is 0 Å². The fourth-order valence-electron chi connectivity index (χ4n) is 3.16. The van der Waals surface area contributed by atoms with Crippen molar-refractivity contribution in [3.8, 4) is 0 Å². The summed E-state index contributed by atoms with van der Waals surface area (Å²) in [5, 5.41) is 9.93. The number of aryl methyl sites for hydroxylation is 1. The van der Waals surface area contributed by atoms with Crippen LogP contribution in [0.3, 0.4) is 0 Å². The summed E-state index contributed by atoms with van der Waals surface area (Å²) in [6, 6.07) is 3.87. The molecule has 0 aromatic heterocycles. The first kappa shape index (κ1) is 15.3. The molecule has 1 aromatic carbocycles. The molecule has 0 aliphatic heterocycles. The lowest BCUT2D eigenvalue weighted by atomic mass is 10.0. The van der Waals surface area contributed by atoms with Gasteiger partial charge in [-0.2, -0.15) is 0 Å². The van der Waals surface area contributed by atoms with Crippen molar-refractivity contribution in [2.24, 2.45) is 0 Å². The van der Waals surface area contributed by atoms with Gasteiger partial charge in [-0.15, -0.1) is 0 Å². The van der Waals surface area contributed by atoms with Crippen LogP contribution in [0.2, 0.25) is 0 Å². The van der Waals surface area contributed by atoms with E-state index in [1.54, 1.807) is 13.8 Å². The highest BCUT2D eigenvalue weighted by molar-refractivity contribution is 5.57. The van der Waals surface area contributed by atoms with Crippen LogP contribution in [0.15, 0.2) is 12.1 Å². The van der Waals surface area contributed by atoms with Crippen molar-refractivity contribution in [1.82, 2.24) is 0 Å². The van der Waals surface area contributed by atoms with Crippen molar-refractivity contribution in [2.75, 3.05) is 11.9 Å². The van der Waals surface area contributed by atoms with E-state index in [-0.39, 0.29) is 5.82 Å². The van der Waals surface area contributed by atoms with Gasteiger partial charge in [0.1, 0.15) is 5.82 Å². The van der Waals surface area contributed by atoms with Crippen LogP contribution >= 0.6 is 0 Å². The summed E-state index contributed by atoms with van der Waals surface area (Å²) in [7, 11) is 2.08. The van der Waals surface area contributed by atoms with E-state index in [0.717, 1.165) is 5.69 Å². The monoisotopic (exact) mass is 279 g/mol. The van der Waals surface area contributed by atoms with E-state index in [2.05, 4.69) is 11.9 Å². The number of aliphatic hydroxyl groups excluding tert-OH is 1. The van der Waals surface area contributed by atoms with Crippen LogP contribution in [0.1, 0.15) is 62.7 Å². The molecule has 0 heterocycles. The van der Waals surface area contributed by atoms with Crippen molar-refractivity contribution < 1.29 is 9.50 Å². The fourth-order valence-corrected chi connectivity index (χ4v) is 3.16. The van der Waals surface area contributed by atoms with Crippen LogP contribution in [-0.4, -0.2) is 18.2 Å². The third-order valence-electron chi connectivity index (χ3n) is 4.51. The topological polar surface area (TPSA) is 23.5 Å². The molecule has 0 bridgehead atoms. The Morgan fingerprint density at radius 2 is 1.80 bits per heavy atom. The number of hydrogen-bond acceptors (Lipinski definition) is 2. The summed E-state index contributed by atoms with van der Waals surface area (Å²) in [5.74, 6) is -0.237. The van der Waals surface area contributed by atoms with Crippen molar-refractivity contribution in [3.63, 3.8) is 0 Å². The van der Waals surface area contributed by atoms with Crippen molar-refractivity contribution in [1.29, 1.82) is 0 Å². The molecule has 0 spiro atoms. The largest absolute Gasteiger partial charge is 0.389 e. The van der Waals surface area contributed by atoms with Gasteiger partial charge < -0.3 is 10.0 Å². The number of anilines is 1. The number of aliphatic hydroxyl groups is 1. The average molecular weight is 279 g/mol. The summed E-state index contributed by atoms with van der Waals surface area (Å²) >= 11 is 0. The summed E-state index contributed by atoms with van der Waals surface area (Å²) in [4.78, 5) is 2.25. The second-order valence-corrected chi connectivity index (χ2v) is 6.09. The number of halogens is 1. The molecule has 0 radical (unpaired) electrons. The molecule has 2 nitrogen and oxygen atoms in total. The molecule has 1 atom stereocenters. The molecule has 0 unspecified atom stereocenters. The van der Waals surface area contributed by atoms with E-state index in [0.29, 0.717) is 17.2 Å². The number of rotatable bonds is 3. The van der Waals surface area contributed by atoms with E-state index in [9.17, 15) is 9.50 Å². The minimum Gasteiger partial charge on any atom is -0.389 e. The molecule has 1 fully saturated rings. The van der Waals surface area contributed by atoms with Gasteiger partial charge in [0.25, 0.3) is 0 Å². The van der Waals surface area contributed by atoms with Crippen LogP contribution in [-0.2, 0) is 0 Å². The Labute approximate surface area is 121 Å². The summed E-state index contributed by atoms with van der Waals surface area (Å²) in [5.41, 5.74) is 2.32. The third kappa shape index (κ3) is 3.32. The van der Waals surface area contributed by atoms with E-state index >= 15 is 0 Å². The summed E-state index contributed by atoms with van der Waals surface area (Å²) in [6.45, 7) is 3.49. The van der Waals surface area contributed by atoms with Crippen LogP contribution in [0.5, 0.6) is 0 Å². The van der Waals surface area contributed by atoms with Crippen LogP contribution in [0, 0.1) is 12.7 Å². The number of nitrogens with zero attached hydrogens (tertiary/aromatic N) is 1. The molecule has 1 aromatic rings. The summed E-state index contributed by atoms with van der Waals surface area (Å²) in [6.07, 6.45) is 6.89.